The molecule has 0 aliphatic heterocycles. The van der Waals surface area contributed by atoms with Crippen molar-refractivity contribution in [2.75, 3.05) is 26.9 Å². The molecule has 0 fully saturated rings. The minimum absolute atomic E-state index is 0.137. The molecule has 7 nitrogen and oxygen atoms in total. The fraction of sp³-hybridized carbons (Fsp3) is 0.727. The number of nitriles is 1. The lowest BCUT2D eigenvalue weighted by Crippen LogP contribution is -2.49. The summed E-state index contributed by atoms with van der Waals surface area (Å²) < 4.78 is 9.75. The number of primary amides is 1. The van der Waals surface area contributed by atoms with Gasteiger partial charge in [-0.1, -0.05) is 6.92 Å². The fourth-order valence-electron chi connectivity index (χ4n) is 1.28. The van der Waals surface area contributed by atoms with Gasteiger partial charge >= 0.3 is 0 Å². The Morgan fingerprint density at radius 3 is 2.61 bits per heavy atom. The van der Waals surface area contributed by atoms with Crippen molar-refractivity contribution in [3.8, 4) is 6.07 Å². The van der Waals surface area contributed by atoms with Crippen LogP contribution in [0.25, 0.3) is 0 Å². The van der Waals surface area contributed by atoms with Crippen LogP contribution in [0.4, 0.5) is 0 Å². The Balaban J connectivity index is 4.13. The van der Waals surface area contributed by atoms with Crippen LogP contribution in [0.5, 0.6) is 0 Å². The molecule has 0 rings (SSSR count). The molecule has 0 aromatic rings. The van der Waals surface area contributed by atoms with Crippen molar-refractivity contribution in [2.45, 2.75) is 19.4 Å². The van der Waals surface area contributed by atoms with Gasteiger partial charge in [-0.25, -0.2) is 0 Å². The van der Waals surface area contributed by atoms with Crippen molar-refractivity contribution in [2.24, 2.45) is 11.7 Å². The summed E-state index contributed by atoms with van der Waals surface area (Å²) in [5.41, 5.74) is 5.17. The van der Waals surface area contributed by atoms with Gasteiger partial charge in [-0.2, -0.15) is 5.26 Å². The largest absolute Gasteiger partial charge is 0.382 e. The van der Waals surface area contributed by atoms with Crippen molar-refractivity contribution in [3.63, 3.8) is 0 Å². The smallest absolute Gasteiger partial charge is 0.246 e. The van der Waals surface area contributed by atoms with E-state index in [0.29, 0.717) is 13.2 Å². The van der Waals surface area contributed by atoms with E-state index in [-0.39, 0.29) is 18.9 Å². The molecular formula is C11H19N3O4. The number of nitrogens with zero attached hydrogens (tertiary/aromatic N) is 1. The first-order valence-corrected chi connectivity index (χ1v) is 5.55. The van der Waals surface area contributed by atoms with Gasteiger partial charge in [-0.15, -0.1) is 0 Å². The van der Waals surface area contributed by atoms with Crippen LogP contribution in [-0.4, -0.2) is 44.8 Å². The highest BCUT2D eigenvalue weighted by Gasteiger charge is 2.24. The van der Waals surface area contributed by atoms with E-state index < -0.39 is 17.9 Å². The van der Waals surface area contributed by atoms with E-state index in [2.05, 4.69) is 5.32 Å². The molecule has 0 spiro atoms. The summed E-state index contributed by atoms with van der Waals surface area (Å²) in [6.45, 7) is 2.17. The lowest BCUT2D eigenvalue weighted by molar-refractivity contribution is -0.131. The number of hydrogen-bond donors (Lipinski definition) is 2. The molecule has 0 aromatic heterocycles. The lowest BCUT2D eigenvalue weighted by Gasteiger charge is -2.20. The highest BCUT2D eigenvalue weighted by Crippen LogP contribution is 2.07. The topological polar surface area (TPSA) is 114 Å². The molecule has 3 N–H and O–H groups in total. The molecule has 102 valence electrons. The summed E-state index contributed by atoms with van der Waals surface area (Å²) in [5.74, 6) is -1.45. The average molecular weight is 257 g/mol. The number of carbonyl (C=O) groups excluding carboxylic acids is 2. The van der Waals surface area contributed by atoms with Gasteiger partial charge in [0.15, 0.2) is 0 Å². The highest BCUT2D eigenvalue weighted by molar-refractivity contribution is 5.87. The van der Waals surface area contributed by atoms with E-state index in [1.165, 1.54) is 7.11 Å². The molecule has 0 bridgehead atoms. The van der Waals surface area contributed by atoms with Crippen molar-refractivity contribution in [3.05, 3.63) is 0 Å². The van der Waals surface area contributed by atoms with Gasteiger partial charge in [0.05, 0.1) is 19.3 Å². The van der Waals surface area contributed by atoms with Gasteiger partial charge in [0.25, 0.3) is 0 Å². The van der Waals surface area contributed by atoms with E-state index >= 15 is 0 Å². The molecule has 0 saturated heterocycles. The number of ether oxygens (including phenoxy) is 2. The Kier molecular flexibility index (Phi) is 8.53. The summed E-state index contributed by atoms with van der Waals surface area (Å²) in [6.07, 6.45) is 0.137. The van der Waals surface area contributed by atoms with Crippen molar-refractivity contribution >= 4 is 11.8 Å². The van der Waals surface area contributed by atoms with Gasteiger partial charge in [-0.3, -0.25) is 9.59 Å². The zero-order chi connectivity index (χ0) is 14.0. The second-order valence-electron chi connectivity index (χ2n) is 3.83. The molecule has 0 radical (unpaired) electrons. The van der Waals surface area contributed by atoms with Crippen LogP contribution in [-0.2, 0) is 19.1 Å². The van der Waals surface area contributed by atoms with Crippen LogP contribution in [0, 0.1) is 17.2 Å². The Hall–Kier alpha value is -1.65. The molecule has 0 heterocycles. The van der Waals surface area contributed by atoms with Gasteiger partial charge in [0, 0.05) is 13.5 Å². The normalized spacial score (nSPS) is 13.4. The predicted octanol–water partition coefficient (Wildman–Crippen LogP) is -0.831. The summed E-state index contributed by atoms with van der Waals surface area (Å²) in [4.78, 5) is 22.6. The molecule has 18 heavy (non-hydrogen) atoms. The minimum atomic E-state index is -0.858. The SMILES string of the molecule is COCCOCC(=O)N[C@@H](C(N)=O)[C@@H](C)CC#N. The Morgan fingerprint density at radius 1 is 1.44 bits per heavy atom. The third-order valence-corrected chi connectivity index (χ3v) is 2.27. The van der Waals surface area contributed by atoms with E-state index in [1.54, 1.807) is 6.92 Å². The fourth-order valence-corrected chi connectivity index (χ4v) is 1.28. The second kappa shape index (κ2) is 9.39. The molecule has 0 unspecified atom stereocenters. The maximum Gasteiger partial charge on any atom is 0.246 e. The molecule has 2 amide bonds. The molecule has 2 atom stereocenters. The van der Waals surface area contributed by atoms with E-state index in [0.717, 1.165) is 0 Å². The number of amides is 2. The third-order valence-electron chi connectivity index (χ3n) is 2.27. The summed E-state index contributed by atoms with van der Waals surface area (Å²) in [5, 5.41) is 11.0. The minimum Gasteiger partial charge on any atom is -0.382 e. The average Bonchev–Trinajstić information content (AvgIpc) is 2.31. The summed E-state index contributed by atoms with van der Waals surface area (Å²) in [7, 11) is 1.52. The zero-order valence-corrected chi connectivity index (χ0v) is 10.6. The van der Waals surface area contributed by atoms with Gasteiger partial charge in [-0.05, 0) is 5.92 Å². The Bertz CT molecular complexity index is 314. The summed E-state index contributed by atoms with van der Waals surface area (Å²) >= 11 is 0. The molecule has 0 aliphatic rings. The summed E-state index contributed by atoms with van der Waals surface area (Å²) in [6, 6.07) is 1.07. The van der Waals surface area contributed by atoms with Gasteiger partial charge in [0.2, 0.25) is 11.8 Å². The van der Waals surface area contributed by atoms with Crippen LogP contribution in [0.1, 0.15) is 13.3 Å². The Morgan fingerprint density at radius 2 is 2.11 bits per heavy atom. The van der Waals surface area contributed by atoms with Crippen LogP contribution >= 0.6 is 0 Å². The van der Waals surface area contributed by atoms with Gasteiger partial charge in [0.1, 0.15) is 12.6 Å². The lowest BCUT2D eigenvalue weighted by atomic mass is 9.98. The third kappa shape index (κ3) is 6.83. The van der Waals surface area contributed by atoms with Crippen molar-refractivity contribution in [1.29, 1.82) is 5.26 Å². The van der Waals surface area contributed by atoms with E-state index in [9.17, 15) is 9.59 Å². The van der Waals surface area contributed by atoms with Gasteiger partial charge < -0.3 is 20.5 Å². The number of methoxy groups -OCH3 is 1. The van der Waals surface area contributed by atoms with Crippen LogP contribution in [0.15, 0.2) is 0 Å². The first kappa shape index (κ1) is 16.4. The molecule has 0 saturated carbocycles. The molecular weight excluding hydrogens is 238 g/mol. The maximum atomic E-state index is 11.5. The number of rotatable bonds is 9. The van der Waals surface area contributed by atoms with Crippen LogP contribution in [0.3, 0.4) is 0 Å². The van der Waals surface area contributed by atoms with Crippen molar-refractivity contribution < 1.29 is 19.1 Å². The first-order chi connectivity index (χ1) is 8.52. The van der Waals surface area contributed by atoms with Crippen molar-refractivity contribution in [1.82, 2.24) is 5.32 Å². The monoisotopic (exact) mass is 257 g/mol. The maximum absolute atomic E-state index is 11.5. The zero-order valence-electron chi connectivity index (χ0n) is 10.6. The highest BCUT2D eigenvalue weighted by atomic mass is 16.5. The van der Waals surface area contributed by atoms with Crippen LogP contribution < -0.4 is 11.1 Å². The number of hydrogen-bond acceptors (Lipinski definition) is 5. The molecule has 0 aromatic carbocycles. The van der Waals surface area contributed by atoms with Crippen LogP contribution in [0.2, 0.25) is 0 Å². The second-order valence-corrected chi connectivity index (χ2v) is 3.83. The quantitative estimate of drug-likeness (QED) is 0.523. The number of nitrogens with one attached hydrogen (secondary N) is 1. The first-order valence-electron chi connectivity index (χ1n) is 5.55. The standard InChI is InChI=1S/C11H19N3O4/c1-8(3-4-12)10(11(13)16)14-9(15)7-18-6-5-17-2/h8,10H,3,5-7H2,1-2H3,(H2,13,16)(H,14,15)/t8-,10+/m0/s1. The van der Waals surface area contributed by atoms with E-state index in [4.69, 9.17) is 20.5 Å². The molecule has 0 aliphatic carbocycles. The number of nitrogens with two attached hydrogens (primary N) is 1. The predicted molar refractivity (Wildman–Crippen MR) is 63.2 cm³/mol. The molecule has 7 heteroatoms. The Labute approximate surface area is 106 Å². The number of carbonyl (C=O) groups is 2. The van der Waals surface area contributed by atoms with E-state index in [1.807, 2.05) is 6.07 Å².